The first-order valence-corrected chi connectivity index (χ1v) is 6.59. The van der Waals surface area contributed by atoms with Crippen LogP contribution in [0.1, 0.15) is 11.6 Å². The van der Waals surface area contributed by atoms with E-state index in [4.69, 9.17) is 5.73 Å². The number of benzene rings is 1. The highest BCUT2D eigenvalue weighted by molar-refractivity contribution is 7.99. The lowest BCUT2D eigenvalue weighted by Crippen LogP contribution is -2.27. The summed E-state index contributed by atoms with van der Waals surface area (Å²) in [5.41, 5.74) is 7.61. The summed E-state index contributed by atoms with van der Waals surface area (Å²) in [5.74, 6) is -0.0702. The van der Waals surface area contributed by atoms with Gasteiger partial charge in [0.05, 0.1) is 0 Å². The molecular formula is C13H12N4OS. The van der Waals surface area contributed by atoms with Gasteiger partial charge in [-0.25, -0.2) is 9.97 Å². The van der Waals surface area contributed by atoms with Gasteiger partial charge in [0.2, 0.25) is 5.91 Å². The zero-order valence-electron chi connectivity index (χ0n) is 10.3. The molecule has 0 fully saturated rings. The Morgan fingerprint density at radius 2 is 2.21 bits per heavy atom. The normalized spacial score (nSPS) is 17.7. The summed E-state index contributed by atoms with van der Waals surface area (Å²) in [6.07, 6.45) is 3.22. The van der Waals surface area contributed by atoms with Crippen LogP contribution in [0.15, 0.2) is 46.7 Å². The van der Waals surface area contributed by atoms with Gasteiger partial charge in [-0.05, 0) is 18.2 Å². The second kappa shape index (κ2) is 4.64. The van der Waals surface area contributed by atoms with Crippen LogP contribution in [0.3, 0.4) is 0 Å². The van der Waals surface area contributed by atoms with Crippen molar-refractivity contribution in [3.8, 4) is 0 Å². The smallest absolute Gasteiger partial charge is 0.248 e. The van der Waals surface area contributed by atoms with Crippen LogP contribution < -0.4 is 10.6 Å². The highest BCUT2D eigenvalue weighted by Crippen LogP contribution is 2.37. The van der Waals surface area contributed by atoms with E-state index in [1.807, 2.05) is 24.3 Å². The molecule has 1 unspecified atom stereocenters. The molecule has 2 N–H and O–H groups in total. The van der Waals surface area contributed by atoms with Crippen LogP contribution >= 0.6 is 11.8 Å². The first kappa shape index (κ1) is 12.1. The second-order valence-corrected chi connectivity index (χ2v) is 5.34. The van der Waals surface area contributed by atoms with Gasteiger partial charge in [-0.2, -0.15) is 0 Å². The second-order valence-electron chi connectivity index (χ2n) is 4.25. The Bertz CT molecular complexity index is 632. The van der Waals surface area contributed by atoms with Crippen molar-refractivity contribution in [1.82, 2.24) is 9.97 Å². The topological polar surface area (TPSA) is 72.1 Å². The molecule has 2 aromatic rings. The van der Waals surface area contributed by atoms with E-state index < -0.39 is 6.04 Å². The van der Waals surface area contributed by atoms with Crippen LogP contribution in [-0.4, -0.2) is 22.9 Å². The van der Waals surface area contributed by atoms with Crippen LogP contribution in [0, 0.1) is 0 Å². The van der Waals surface area contributed by atoms with Crippen LogP contribution in [0.25, 0.3) is 0 Å². The number of hydrogen-bond donors (Lipinski definition) is 1. The molecule has 96 valence electrons. The zero-order chi connectivity index (χ0) is 13.4. The van der Waals surface area contributed by atoms with Crippen LogP contribution in [-0.2, 0) is 4.79 Å². The molecule has 6 heteroatoms. The predicted octanol–water partition coefficient (Wildman–Crippen LogP) is 1.60. The first-order valence-electron chi connectivity index (χ1n) is 5.78. The van der Waals surface area contributed by atoms with Crippen molar-refractivity contribution in [3.05, 3.63) is 42.4 Å². The van der Waals surface area contributed by atoms with Crippen molar-refractivity contribution in [2.75, 3.05) is 11.9 Å². The van der Waals surface area contributed by atoms with E-state index in [9.17, 15) is 4.79 Å². The van der Waals surface area contributed by atoms with Crippen LogP contribution in [0.2, 0.25) is 0 Å². The monoisotopic (exact) mass is 272 g/mol. The molecule has 1 amide bonds. The quantitative estimate of drug-likeness (QED) is 0.841. The average molecular weight is 272 g/mol. The van der Waals surface area contributed by atoms with E-state index in [0.717, 1.165) is 21.2 Å². The lowest BCUT2D eigenvalue weighted by atomic mass is 10.1. The molecule has 2 heterocycles. The number of likely N-dealkylation sites (N-methyl/N-ethyl adjacent to an activating group) is 1. The van der Waals surface area contributed by atoms with Gasteiger partial charge in [0, 0.05) is 29.4 Å². The Labute approximate surface area is 114 Å². The SMILES string of the molecule is CN1C(=O)C(N)c2ccc(Sc3ccncn3)cc21. The maximum absolute atomic E-state index is 11.8. The molecule has 1 atom stereocenters. The number of rotatable bonds is 2. The number of aromatic nitrogens is 2. The first-order chi connectivity index (χ1) is 9.16. The van der Waals surface area contributed by atoms with E-state index in [1.165, 1.54) is 18.1 Å². The standard InChI is InChI=1S/C13H12N4OS/c1-17-10-6-8(19-11-4-5-15-7-16-11)2-3-9(10)12(14)13(17)18/h2-7,12H,14H2,1H3. The van der Waals surface area contributed by atoms with Crippen LogP contribution in [0.5, 0.6) is 0 Å². The lowest BCUT2D eigenvalue weighted by Gasteiger charge is -2.10. The fraction of sp³-hybridized carbons (Fsp3) is 0.154. The van der Waals surface area contributed by atoms with Crippen molar-refractivity contribution < 1.29 is 4.79 Å². The Kier molecular flexibility index (Phi) is 2.96. The summed E-state index contributed by atoms with van der Waals surface area (Å²) in [7, 11) is 1.74. The number of fused-ring (bicyclic) bond motifs is 1. The summed E-state index contributed by atoms with van der Waals surface area (Å²) >= 11 is 1.53. The number of hydrogen-bond acceptors (Lipinski definition) is 5. The van der Waals surface area contributed by atoms with Crippen molar-refractivity contribution in [2.24, 2.45) is 5.73 Å². The van der Waals surface area contributed by atoms with E-state index in [2.05, 4.69) is 9.97 Å². The molecule has 5 nitrogen and oxygen atoms in total. The van der Waals surface area contributed by atoms with Crippen molar-refractivity contribution in [2.45, 2.75) is 16.0 Å². The van der Waals surface area contributed by atoms with Gasteiger partial charge < -0.3 is 10.6 Å². The number of amides is 1. The highest BCUT2D eigenvalue weighted by Gasteiger charge is 2.32. The molecule has 0 aliphatic carbocycles. The van der Waals surface area contributed by atoms with Crippen molar-refractivity contribution in [3.63, 3.8) is 0 Å². The summed E-state index contributed by atoms with van der Waals surface area (Å²) in [6.45, 7) is 0. The maximum atomic E-state index is 11.8. The molecule has 3 rings (SSSR count). The Morgan fingerprint density at radius 1 is 1.37 bits per heavy atom. The third kappa shape index (κ3) is 2.09. The van der Waals surface area contributed by atoms with Gasteiger partial charge in [-0.15, -0.1) is 0 Å². The Hall–Kier alpha value is -1.92. The van der Waals surface area contributed by atoms with Crippen molar-refractivity contribution >= 4 is 23.4 Å². The van der Waals surface area contributed by atoms with E-state index in [-0.39, 0.29) is 5.91 Å². The summed E-state index contributed by atoms with van der Waals surface area (Å²) < 4.78 is 0. The van der Waals surface area contributed by atoms with Gasteiger partial charge >= 0.3 is 0 Å². The molecule has 0 bridgehead atoms. The zero-order valence-corrected chi connectivity index (χ0v) is 11.1. The van der Waals surface area contributed by atoms with Gasteiger partial charge in [-0.3, -0.25) is 4.79 Å². The molecule has 1 aliphatic heterocycles. The number of carbonyl (C=O) groups is 1. The molecule has 1 aliphatic rings. The Morgan fingerprint density at radius 3 is 2.95 bits per heavy atom. The number of nitrogens with two attached hydrogens (primary N) is 1. The fourth-order valence-electron chi connectivity index (χ4n) is 2.06. The van der Waals surface area contributed by atoms with E-state index in [1.54, 1.807) is 18.1 Å². The number of carbonyl (C=O) groups excluding carboxylic acids is 1. The van der Waals surface area contributed by atoms with E-state index >= 15 is 0 Å². The van der Waals surface area contributed by atoms with Crippen molar-refractivity contribution in [1.29, 1.82) is 0 Å². The average Bonchev–Trinajstić information content (AvgIpc) is 2.65. The number of nitrogens with zero attached hydrogens (tertiary/aromatic N) is 3. The third-order valence-corrected chi connectivity index (χ3v) is 4.01. The van der Waals surface area contributed by atoms with Gasteiger partial charge in [0.15, 0.2) is 0 Å². The largest absolute Gasteiger partial charge is 0.316 e. The lowest BCUT2D eigenvalue weighted by molar-refractivity contribution is -0.118. The highest BCUT2D eigenvalue weighted by atomic mass is 32.2. The molecule has 0 spiro atoms. The third-order valence-electron chi connectivity index (χ3n) is 3.07. The molecule has 0 saturated heterocycles. The minimum Gasteiger partial charge on any atom is -0.316 e. The van der Waals surface area contributed by atoms with Crippen LogP contribution in [0.4, 0.5) is 5.69 Å². The molecule has 19 heavy (non-hydrogen) atoms. The summed E-state index contributed by atoms with van der Waals surface area (Å²) in [6, 6.07) is 7.13. The summed E-state index contributed by atoms with van der Waals surface area (Å²) in [5, 5.41) is 0.867. The molecule has 0 saturated carbocycles. The maximum Gasteiger partial charge on any atom is 0.248 e. The Balaban J connectivity index is 1.93. The predicted molar refractivity (Wildman–Crippen MR) is 72.9 cm³/mol. The molecule has 1 aromatic carbocycles. The minimum absolute atomic E-state index is 0.0702. The number of anilines is 1. The van der Waals surface area contributed by atoms with Gasteiger partial charge in [-0.1, -0.05) is 17.8 Å². The van der Waals surface area contributed by atoms with Gasteiger partial charge in [0.1, 0.15) is 17.4 Å². The summed E-state index contributed by atoms with van der Waals surface area (Å²) in [4.78, 5) is 22.5. The molecule has 1 aromatic heterocycles. The minimum atomic E-state index is -0.543. The fourth-order valence-corrected chi connectivity index (χ4v) is 2.84. The van der Waals surface area contributed by atoms with E-state index in [0.29, 0.717) is 0 Å². The molecular weight excluding hydrogens is 260 g/mol. The van der Waals surface area contributed by atoms with Gasteiger partial charge in [0.25, 0.3) is 0 Å². The molecule has 0 radical (unpaired) electrons.